The molecule has 0 aliphatic heterocycles. The van der Waals surface area contributed by atoms with Gasteiger partial charge in [-0.3, -0.25) is 4.79 Å². The molecule has 0 aromatic heterocycles. The summed E-state index contributed by atoms with van der Waals surface area (Å²) in [6.07, 6.45) is 20.5. The zero-order valence-electron chi connectivity index (χ0n) is 20.0. The van der Waals surface area contributed by atoms with Crippen molar-refractivity contribution in [3.8, 4) is 0 Å². The van der Waals surface area contributed by atoms with Gasteiger partial charge in [-0.15, -0.1) is 4.28 Å². The van der Waals surface area contributed by atoms with E-state index in [-0.39, 0.29) is 49.2 Å². The fourth-order valence-corrected chi connectivity index (χ4v) is 3.68. The van der Waals surface area contributed by atoms with E-state index in [9.17, 15) is 13.2 Å². The molecule has 0 saturated carbocycles. The van der Waals surface area contributed by atoms with Crippen LogP contribution in [0.2, 0.25) is 0 Å². The third-order valence-corrected chi connectivity index (χ3v) is 5.78. The molecule has 0 spiro atoms. The fourth-order valence-electron chi connectivity index (χ4n) is 2.90. The van der Waals surface area contributed by atoms with Gasteiger partial charge in [0.2, 0.25) is 5.91 Å². The van der Waals surface area contributed by atoms with Crippen molar-refractivity contribution in [2.24, 2.45) is 5.73 Å². The molecule has 0 unspecified atom stereocenters. The molecule has 0 rings (SSSR count). The molecule has 0 saturated heterocycles. The third kappa shape index (κ3) is 21.1. The van der Waals surface area contributed by atoms with Crippen molar-refractivity contribution in [3.63, 3.8) is 0 Å². The molecule has 1 amide bonds. The van der Waals surface area contributed by atoms with E-state index in [1.165, 1.54) is 58.4 Å². The minimum Gasteiger partial charge on any atom is -1.00 e. The van der Waals surface area contributed by atoms with Crippen molar-refractivity contribution in [2.45, 2.75) is 96.8 Å². The van der Waals surface area contributed by atoms with Crippen molar-refractivity contribution in [3.05, 3.63) is 12.2 Å². The maximum absolute atomic E-state index is 11.9. The molecule has 8 heteroatoms. The maximum Gasteiger partial charge on any atom is 1.00 e. The van der Waals surface area contributed by atoms with Crippen molar-refractivity contribution in [2.75, 3.05) is 19.3 Å². The monoisotopic (exact) mass is 442 g/mol. The number of hydrogen-bond acceptors (Lipinski definition) is 5. The van der Waals surface area contributed by atoms with Crippen LogP contribution in [-0.2, 0) is 19.2 Å². The van der Waals surface area contributed by atoms with E-state index >= 15 is 0 Å². The third-order valence-electron chi connectivity index (χ3n) is 4.60. The van der Waals surface area contributed by atoms with Gasteiger partial charge in [0.15, 0.2) is 0 Å². The number of hydroxylamine groups is 2. The number of allylic oxidation sites excluding steroid dienone is 2. The van der Waals surface area contributed by atoms with Crippen LogP contribution in [0.1, 0.15) is 98.2 Å². The van der Waals surface area contributed by atoms with Gasteiger partial charge in [0.1, 0.15) is 0 Å². The smallest absolute Gasteiger partial charge is 1.00 e. The quantitative estimate of drug-likeness (QED) is 0.143. The van der Waals surface area contributed by atoms with Crippen LogP contribution in [0.3, 0.4) is 0 Å². The number of nitrogens with two attached hydrogens (primary N) is 1. The van der Waals surface area contributed by atoms with Crippen LogP contribution in [0.4, 0.5) is 0 Å². The first-order valence-corrected chi connectivity index (χ1v) is 12.5. The second-order valence-corrected chi connectivity index (χ2v) is 9.02. The van der Waals surface area contributed by atoms with Crippen LogP contribution in [0.25, 0.3) is 0 Å². The van der Waals surface area contributed by atoms with Gasteiger partial charge in [-0.05, 0) is 32.1 Å². The first-order chi connectivity index (χ1) is 13.4. The Labute approximate surface area is 202 Å². The van der Waals surface area contributed by atoms with Crippen LogP contribution >= 0.6 is 0 Å². The summed E-state index contributed by atoms with van der Waals surface area (Å²) in [5, 5.41) is 0.805. The topological polar surface area (TPSA) is 89.7 Å². The largest absolute Gasteiger partial charge is 1.00 e. The second-order valence-electron chi connectivity index (χ2n) is 7.35. The molecular formula is C21H43N2NaO4S. The number of rotatable bonds is 19. The van der Waals surface area contributed by atoms with Crippen LogP contribution in [0, 0.1) is 0 Å². The van der Waals surface area contributed by atoms with E-state index in [1.54, 1.807) is 0 Å². The zero-order chi connectivity index (χ0) is 21.1. The molecule has 29 heavy (non-hydrogen) atoms. The van der Waals surface area contributed by atoms with Crippen molar-refractivity contribution < 1.29 is 48.5 Å². The van der Waals surface area contributed by atoms with Gasteiger partial charge in [-0.1, -0.05) is 70.4 Å². The van der Waals surface area contributed by atoms with E-state index in [0.717, 1.165) is 37.2 Å². The molecule has 0 fully saturated rings. The fraction of sp³-hybridized carbons (Fsp3) is 0.857. The van der Waals surface area contributed by atoms with E-state index in [2.05, 4.69) is 23.4 Å². The minimum atomic E-state index is -3.76. The molecule has 0 bridgehead atoms. The molecule has 0 aliphatic rings. The summed E-state index contributed by atoms with van der Waals surface area (Å²) in [5.41, 5.74) is 5.20. The predicted octanol–water partition coefficient (Wildman–Crippen LogP) is 1.82. The normalized spacial score (nSPS) is 11.6. The summed E-state index contributed by atoms with van der Waals surface area (Å²) >= 11 is 0. The molecule has 0 aromatic rings. The van der Waals surface area contributed by atoms with Crippen molar-refractivity contribution in [1.82, 2.24) is 5.06 Å². The van der Waals surface area contributed by atoms with Crippen LogP contribution in [-0.4, -0.2) is 38.7 Å². The van der Waals surface area contributed by atoms with Crippen LogP contribution in [0.15, 0.2) is 12.2 Å². The van der Waals surface area contributed by atoms with Gasteiger partial charge in [-0.2, -0.15) is 8.42 Å². The molecule has 6 nitrogen and oxygen atoms in total. The Morgan fingerprint density at radius 1 is 0.931 bits per heavy atom. The van der Waals surface area contributed by atoms with Crippen molar-refractivity contribution in [1.29, 1.82) is 0 Å². The Morgan fingerprint density at radius 2 is 1.41 bits per heavy atom. The first kappa shape index (κ1) is 31.3. The van der Waals surface area contributed by atoms with Gasteiger partial charge < -0.3 is 7.16 Å². The Hall–Kier alpha value is 0.0800. The summed E-state index contributed by atoms with van der Waals surface area (Å²) < 4.78 is 27.6. The Balaban J connectivity index is -0.00000364. The van der Waals surface area contributed by atoms with Gasteiger partial charge in [-0.25, -0.2) is 5.06 Å². The molecular weight excluding hydrogens is 399 g/mol. The van der Waals surface area contributed by atoms with Crippen molar-refractivity contribution >= 4 is 16.0 Å². The SMILES string of the molecule is CCCCCCCC/C=C\CCCCCCCC(=O)N(C)OS(=O)(=O)CCN.[H-].[Na+]. The Bertz CT molecular complexity index is 519. The number of hydrogen-bond donors (Lipinski definition) is 1. The van der Waals surface area contributed by atoms with Crippen LogP contribution < -0.4 is 35.3 Å². The predicted molar refractivity (Wildman–Crippen MR) is 117 cm³/mol. The van der Waals surface area contributed by atoms with Crippen LogP contribution in [0.5, 0.6) is 0 Å². The van der Waals surface area contributed by atoms with Gasteiger partial charge >= 0.3 is 29.6 Å². The van der Waals surface area contributed by atoms with Gasteiger partial charge in [0.05, 0.1) is 5.75 Å². The summed E-state index contributed by atoms with van der Waals surface area (Å²) in [7, 11) is -2.43. The molecule has 0 aliphatic carbocycles. The number of nitrogens with zero attached hydrogens (tertiary/aromatic N) is 1. The van der Waals surface area contributed by atoms with Gasteiger partial charge in [0.25, 0.3) is 10.1 Å². The van der Waals surface area contributed by atoms with E-state index in [0.29, 0.717) is 6.42 Å². The molecule has 168 valence electrons. The maximum atomic E-state index is 11.9. The standard InChI is InChI=1S/C21H42N2O4S.Na.H/c1-3-4-5-6-7-8-9-10-11-12-13-14-15-16-17-18-21(24)23(2)27-28(25,26)20-19-22;;/h10-11H,3-9,12-20,22H2,1-2H3;;/q;+1;-1/b11-10-;;. The van der Waals surface area contributed by atoms with E-state index in [4.69, 9.17) is 5.73 Å². The number of carbonyl (C=O) groups excluding carboxylic acids is 1. The molecule has 0 atom stereocenters. The van der Waals surface area contributed by atoms with E-state index < -0.39 is 10.1 Å². The first-order valence-electron chi connectivity index (χ1n) is 11.0. The number of carbonyl (C=O) groups is 1. The average Bonchev–Trinajstić information content (AvgIpc) is 2.64. The number of unbranched alkanes of at least 4 members (excludes halogenated alkanes) is 11. The molecule has 2 N–H and O–H groups in total. The number of amides is 1. The molecule has 0 aromatic carbocycles. The molecule has 0 heterocycles. The van der Waals surface area contributed by atoms with E-state index in [1.807, 2.05) is 0 Å². The Morgan fingerprint density at radius 3 is 1.93 bits per heavy atom. The minimum absolute atomic E-state index is 0. The summed E-state index contributed by atoms with van der Waals surface area (Å²) in [4.78, 5) is 11.9. The Kier molecular flexibility index (Phi) is 23.0. The summed E-state index contributed by atoms with van der Waals surface area (Å²) in [6, 6.07) is 0. The zero-order valence-corrected chi connectivity index (χ0v) is 21.9. The van der Waals surface area contributed by atoms with Gasteiger partial charge in [0, 0.05) is 20.0 Å². The second kappa shape index (κ2) is 21.3. The summed E-state index contributed by atoms with van der Waals surface area (Å²) in [6.45, 7) is 2.22. The molecule has 0 radical (unpaired) electrons. The summed E-state index contributed by atoms with van der Waals surface area (Å²) in [5.74, 6) is -0.615. The average molecular weight is 443 g/mol.